The third kappa shape index (κ3) is 2.71. The van der Waals surface area contributed by atoms with E-state index in [1.54, 1.807) is 4.68 Å². The van der Waals surface area contributed by atoms with Gasteiger partial charge in [0.05, 0.1) is 30.4 Å². The fraction of sp³-hybridized carbons (Fsp3) is 0.308. The minimum absolute atomic E-state index is 0.290. The van der Waals surface area contributed by atoms with E-state index < -0.39 is 5.97 Å². The molecule has 2 rings (SSSR count). The highest BCUT2D eigenvalue weighted by atomic mass is 16.5. The molecule has 20 heavy (non-hydrogen) atoms. The first kappa shape index (κ1) is 13.9. The third-order valence-corrected chi connectivity index (χ3v) is 2.81. The van der Waals surface area contributed by atoms with Crippen LogP contribution in [-0.2, 0) is 18.2 Å². The van der Waals surface area contributed by atoms with E-state index in [-0.39, 0.29) is 0 Å². The van der Waals surface area contributed by atoms with Crippen molar-refractivity contribution >= 4 is 23.2 Å². The molecule has 0 aromatic carbocycles. The van der Waals surface area contributed by atoms with Gasteiger partial charge in [-0.05, 0) is 12.5 Å². The molecule has 0 atom stereocenters. The minimum atomic E-state index is -0.491. The quantitative estimate of drug-likeness (QED) is 0.821. The molecule has 0 bridgehead atoms. The molecule has 0 amide bonds. The summed E-state index contributed by atoms with van der Waals surface area (Å²) < 4.78 is 6.44. The van der Waals surface area contributed by atoms with Crippen molar-refractivity contribution in [3.63, 3.8) is 0 Å². The van der Waals surface area contributed by atoms with Crippen LogP contribution in [-0.4, -0.2) is 27.8 Å². The van der Waals surface area contributed by atoms with Crippen molar-refractivity contribution in [1.82, 2.24) is 14.8 Å². The van der Waals surface area contributed by atoms with Gasteiger partial charge in [-0.3, -0.25) is 4.68 Å². The van der Waals surface area contributed by atoms with Crippen LogP contribution in [0.25, 0.3) is 0 Å². The number of aromatic nitrogens is 3. The lowest BCUT2D eigenvalue weighted by Gasteiger charge is -2.09. The molecule has 0 saturated heterocycles. The predicted octanol–water partition coefficient (Wildman–Crippen LogP) is 1.49. The molecular weight excluding hydrogens is 258 g/mol. The van der Waals surface area contributed by atoms with Gasteiger partial charge in [0.15, 0.2) is 0 Å². The topological polar surface area (TPSA) is 95.1 Å². The molecule has 0 aliphatic carbocycles. The van der Waals surface area contributed by atoms with E-state index in [0.29, 0.717) is 17.1 Å². The highest BCUT2D eigenvalue weighted by Gasteiger charge is 2.16. The second-order valence-electron chi connectivity index (χ2n) is 4.30. The number of ether oxygens (including phenoxy) is 1. The van der Waals surface area contributed by atoms with E-state index in [9.17, 15) is 4.79 Å². The van der Waals surface area contributed by atoms with Crippen molar-refractivity contribution in [2.24, 2.45) is 7.05 Å². The van der Waals surface area contributed by atoms with Crippen LogP contribution in [0, 0.1) is 0 Å². The van der Waals surface area contributed by atoms with Gasteiger partial charge >= 0.3 is 5.97 Å². The Labute approximate surface area is 116 Å². The maximum absolute atomic E-state index is 11.8. The van der Waals surface area contributed by atoms with Gasteiger partial charge in [-0.2, -0.15) is 5.10 Å². The molecule has 7 nitrogen and oxygen atoms in total. The lowest BCUT2D eigenvalue weighted by molar-refractivity contribution is 0.0601. The number of nitrogen functional groups attached to an aromatic ring is 1. The summed E-state index contributed by atoms with van der Waals surface area (Å²) in [4.78, 5) is 15.9. The van der Waals surface area contributed by atoms with Crippen molar-refractivity contribution in [1.29, 1.82) is 0 Å². The van der Waals surface area contributed by atoms with Gasteiger partial charge < -0.3 is 15.8 Å². The van der Waals surface area contributed by atoms with Crippen LogP contribution in [0.5, 0.6) is 0 Å². The summed E-state index contributed by atoms with van der Waals surface area (Å²) in [5.74, 6) is -0.0945. The number of rotatable bonds is 4. The molecule has 0 aliphatic rings. The number of esters is 1. The number of hydrogen-bond donors (Lipinski definition) is 2. The minimum Gasteiger partial charge on any atom is -0.465 e. The van der Waals surface area contributed by atoms with Gasteiger partial charge in [0.2, 0.25) is 0 Å². The third-order valence-electron chi connectivity index (χ3n) is 2.81. The average Bonchev–Trinajstić information content (AvgIpc) is 2.79. The second kappa shape index (κ2) is 5.60. The highest BCUT2D eigenvalue weighted by Crippen LogP contribution is 2.23. The maximum Gasteiger partial charge on any atom is 0.341 e. The SMILES string of the molecule is CCc1nn(C)cc1Nc1ncc(N)cc1C(=O)OC. The smallest absolute Gasteiger partial charge is 0.341 e. The summed E-state index contributed by atoms with van der Waals surface area (Å²) >= 11 is 0. The molecule has 0 saturated carbocycles. The number of anilines is 3. The summed E-state index contributed by atoms with van der Waals surface area (Å²) in [7, 11) is 3.15. The fourth-order valence-corrected chi connectivity index (χ4v) is 1.87. The van der Waals surface area contributed by atoms with E-state index in [1.807, 2.05) is 20.2 Å². The highest BCUT2D eigenvalue weighted by molar-refractivity contribution is 5.96. The Morgan fingerprint density at radius 3 is 2.95 bits per heavy atom. The van der Waals surface area contributed by atoms with Crippen LogP contribution in [0.2, 0.25) is 0 Å². The number of hydrogen-bond acceptors (Lipinski definition) is 6. The normalized spacial score (nSPS) is 10.3. The number of nitrogens with one attached hydrogen (secondary N) is 1. The fourth-order valence-electron chi connectivity index (χ4n) is 1.87. The molecule has 2 aromatic rings. The zero-order valence-corrected chi connectivity index (χ0v) is 11.7. The molecule has 0 radical (unpaired) electrons. The Hall–Kier alpha value is -2.57. The number of methoxy groups -OCH3 is 1. The maximum atomic E-state index is 11.8. The molecule has 3 N–H and O–H groups in total. The van der Waals surface area contributed by atoms with E-state index in [1.165, 1.54) is 19.4 Å². The Morgan fingerprint density at radius 2 is 2.30 bits per heavy atom. The van der Waals surface area contributed by atoms with E-state index in [0.717, 1.165) is 17.8 Å². The van der Waals surface area contributed by atoms with Gasteiger partial charge in [-0.25, -0.2) is 9.78 Å². The largest absolute Gasteiger partial charge is 0.465 e. The standard InChI is InChI=1S/C13H17N5O2/c1-4-10-11(7-18(2)17-10)16-12-9(13(19)20-3)5-8(14)6-15-12/h5-7H,4,14H2,1-3H3,(H,15,16). The summed E-state index contributed by atoms with van der Waals surface area (Å²) in [6.45, 7) is 2.01. The molecule has 0 unspecified atom stereocenters. The number of carbonyl (C=O) groups is 1. The molecule has 106 valence electrons. The van der Waals surface area contributed by atoms with Crippen LogP contribution >= 0.6 is 0 Å². The first-order valence-electron chi connectivity index (χ1n) is 6.18. The van der Waals surface area contributed by atoms with Crippen LogP contribution in [0.4, 0.5) is 17.2 Å². The number of nitrogens with zero attached hydrogens (tertiary/aromatic N) is 3. The van der Waals surface area contributed by atoms with Crippen LogP contribution in [0.3, 0.4) is 0 Å². The first-order valence-corrected chi connectivity index (χ1v) is 6.18. The molecule has 7 heteroatoms. The number of aryl methyl sites for hydroxylation is 2. The van der Waals surface area contributed by atoms with Gasteiger partial charge in [0, 0.05) is 13.2 Å². The summed E-state index contributed by atoms with van der Waals surface area (Å²) in [5, 5.41) is 7.43. The Morgan fingerprint density at radius 1 is 1.55 bits per heavy atom. The Kier molecular flexibility index (Phi) is 3.88. The van der Waals surface area contributed by atoms with Crippen molar-refractivity contribution in [2.45, 2.75) is 13.3 Å². The van der Waals surface area contributed by atoms with Crippen LogP contribution in [0.1, 0.15) is 23.0 Å². The van der Waals surface area contributed by atoms with Crippen molar-refractivity contribution < 1.29 is 9.53 Å². The van der Waals surface area contributed by atoms with Crippen LogP contribution in [0.15, 0.2) is 18.5 Å². The molecule has 0 aliphatic heterocycles. The monoisotopic (exact) mass is 275 g/mol. The van der Waals surface area contributed by atoms with E-state index >= 15 is 0 Å². The molecule has 2 heterocycles. The first-order chi connectivity index (χ1) is 9.55. The predicted molar refractivity (Wildman–Crippen MR) is 75.9 cm³/mol. The lowest BCUT2D eigenvalue weighted by atomic mass is 10.2. The van der Waals surface area contributed by atoms with E-state index in [4.69, 9.17) is 10.5 Å². The zero-order chi connectivity index (χ0) is 14.7. The average molecular weight is 275 g/mol. The number of nitrogens with two attached hydrogens (primary N) is 1. The second-order valence-corrected chi connectivity index (χ2v) is 4.30. The van der Waals surface area contributed by atoms with Gasteiger partial charge in [-0.1, -0.05) is 6.92 Å². The van der Waals surface area contributed by atoms with Crippen molar-refractivity contribution in [3.8, 4) is 0 Å². The van der Waals surface area contributed by atoms with Gasteiger partial charge in [0.1, 0.15) is 11.4 Å². The Bertz CT molecular complexity index is 636. The lowest BCUT2D eigenvalue weighted by Crippen LogP contribution is -2.08. The number of carbonyl (C=O) groups excluding carboxylic acids is 1. The van der Waals surface area contributed by atoms with Gasteiger partial charge in [0.25, 0.3) is 0 Å². The van der Waals surface area contributed by atoms with E-state index in [2.05, 4.69) is 15.4 Å². The molecule has 2 aromatic heterocycles. The Balaban J connectivity index is 2.40. The van der Waals surface area contributed by atoms with Gasteiger partial charge in [-0.15, -0.1) is 0 Å². The van der Waals surface area contributed by atoms with Crippen LogP contribution < -0.4 is 11.1 Å². The molecule has 0 spiro atoms. The number of pyridine rings is 1. The zero-order valence-electron chi connectivity index (χ0n) is 11.7. The summed E-state index contributed by atoms with van der Waals surface area (Å²) in [5.41, 5.74) is 8.04. The van der Waals surface area contributed by atoms with Crippen molar-refractivity contribution in [2.75, 3.05) is 18.2 Å². The van der Waals surface area contributed by atoms with Crippen molar-refractivity contribution in [3.05, 3.63) is 29.7 Å². The summed E-state index contributed by atoms with van der Waals surface area (Å²) in [6.07, 6.45) is 4.08. The molecule has 0 fully saturated rings. The molecular formula is C13H17N5O2. The summed E-state index contributed by atoms with van der Waals surface area (Å²) in [6, 6.07) is 1.53.